The summed E-state index contributed by atoms with van der Waals surface area (Å²) in [6.07, 6.45) is -4.65. The molecule has 1 saturated heterocycles. The van der Waals surface area contributed by atoms with E-state index < -0.39 is 54.6 Å². The van der Waals surface area contributed by atoms with Crippen LogP contribution in [-0.4, -0.2) is 39.8 Å². The van der Waals surface area contributed by atoms with E-state index in [2.05, 4.69) is 10.1 Å². The van der Waals surface area contributed by atoms with Crippen molar-refractivity contribution in [3.05, 3.63) is 35.6 Å². The number of hydrogen-bond donors (Lipinski definition) is 2. The van der Waals surface area contributed by atoms with Crippen molar-refractivity contribution in [2.24, 2.45) is 11.7 Å². The molecule has 8 nitrogen and oxygen atoms in total. The number of nitrogens with two attached hydrogens (primary N) is 1. The molecule has 1 aromatic carbocycles. The molecule has 2 aromatic rings. The van der Waals surface area contributed by atoms with Gasteiger partial charge >= 0.3 is 6.36 Å². The van der Waals surface area contributed by atoms with Crippen LogP contribution >= 0.6 is 11.3 Å². The Morgan fingerprint density at radius 1 is 1.26 bits per heavy atom. The fraction of sp³-hybridized carbons (Fsp3) is 0.294. The summed E-state index contributed by atoms with van der Waals surface area (Å²) in [6.45, 7) is 0.532. The van der Waals surface area contributed by atoms with Gasteiger partial charge in [0.15, 0.2) is 0 Å². The number of alkyl halides is 3. The summed E-state index contributed by atoms with van der Waals surface area (Å²) in [7, 11) is -4.60. The van der Waals surface area contributed by atoms with Gasteiger partial charge < -0.3 is 20.5 Å². The predicted molar refractivity (Wildman–Crippen MR) is 98.9 cm³/mol. The third-order valence-corrected chi connectivity index (χ3v) is 7.51. The summed E-state index contributed by atoms with van der Waals surface area (Å²) in [5, 5.41) is 2.27. The molecule has 1 aromatic heterocycles. The molecule has 0 bridgehead atoms. The molecule has 168 valence electrons. The number of carbonyl (C=O) groups excluding carboxylic acids is 2. The van der Waals surface area contributed by atoms with E-state index in [1.165, 1.54) is 0 Å². The molecule has 31 heavy (non-hydrogen) atoms. The van der Waals surface area contributed by atoms with Gasteiger partial charge in [-0.25, -0.2) is 12.8 Å². The number of thiophene rings is 1. The van der Waals surface area contributed by atoms with Gasteiger partial charge in [0, 0.05) is 12.7 Å². The van der Waals surface area contributed by atoms with Crippen molar-refractivity contribution in [3.63, 3.8) is 0 Å². The van der Waals surface area contributed by atoms with Crippen LogP contribution in [0.1, 0.15) is 16.8 Å². The van der Waals surface area contributed by atoms with E-state index in [9.17, 15) is 35.6 Å². The third-order valence-electron chi connectivity index (χ3n) is 4.20. The number of benzene rings is 1. The van der Waals surface area contributed by atoms with E-state index in [0.717, 1.165) is 6.07 Å². The number of rotatable bonds is 6. The van der Waals surface area contributed by atoms with E-state index in [0.29, 0.717) is 36.5 Å². The Morgan fingerprint density at radius 2 is 1.97 bits per heavy atom. The Labute approximate surface area is 176 Å². The number of hydrogen-bond acceptors (Lipinski definition) is 7. The fourth-order valence-corrected chi connectivity index (χ4v) is 5.55. The Balaban J connectivity index is 1.94. The van der Waals surface area contributed by atoms with Crippen LogP contribution in [0, 0.1) is 11.7 Å². The minimum Gasteiger partial charge on any atom is -0.406 e. The average molecular weight is 482 g/mol. The van der Waals surface area contributed by atoms with Gasteiger partial charge in [-0.2, -0.15) is 0 Å². The quantitative estimate of drug-likeness (QED) is 0.610. The third kappa shape index (κ3) is 5.14. The van der Waals surface area contributed by atoms with Crippen LogP contribution in [0.15, 0.2) is 33.4 Å². The maximum absolute atomic E-state index is 14.3. The lowest BCUT2D eigenvalue weighted by Crippen LogP contribution is -2.24. The molecule has 0 radical (unpaired) electrons. The zero-order valence-electron chi connectivity index (χ0n) is 15.4. The first-order chi connectivity index (χ1) is 14.4. The smallest absolute Gasteiger partial charge is 0.406 e. The Kier molecular flexibility index (Phi) is 6.25. The summed E-state index contributed by atoms with van der Waals surface area (Å²) < 4.78 is 84.8. The highest BCUT2D eigenvalue weighted by molar-refractivity contribution is 7.93. The first kappa shape index (κ1) is 23.0. The summed E-state index contributed by atoms with van der Waals surface area (Å²) in [4.78, 5) is 23.0. The SMILES string of the molecule is NC(=O)c1cc(S(=O)(=O)c2ccc(OC(F)(F)F)cc2F)sc1NC(=O)C1CCOC1. The van der Waals surface area contributed by atoms with Crippen LogP contribution in [0.3, 0.4) is 0 Å². The second-order valence-electron chi connectivity index (χ2n) is 6.37. The van der Waals surface area contributed by atoms with E-state index in [1.54, 1.807) is 0 Å². The molecular weight excluding hydrogens is 468 g/mol. The summed E-state index contributed by atoms with van der Waals surface area (Å²) in [6, 6.07) is 2.37. The lowest BCUT2D eigenvalue weighted by molar-refractivity contribution is -0.274. The Hall–Kier alpha value is -2.71. The molecule has 2 amide bonds. The van der Waals surface area contributed by atoms with E-state index in [1.807, 2.05) is 0 Å². The molecule has 0 spiro atoms. The van der Waals surface area contributed by atoms with Crippen LogP contribution < -0.4 is 15.8 Å². The van der Waals surface area contributed by atoms with Gasteiger partial charge in [0.2, 0.25) is 15.7 Å². The summed E-state index contributed by atoms with van der Waals surface area (Å²) in [5.74, 6) is -4.48. The van der Waals surface area contributed by atoms with Crippen LogP contribution in [0.5, 0.6) is 5.75 Å². The van der Waals surface area contributed by atoms with E-state index in [-0.39, 0.29) is 23.2 Å². The largest absolute Gasteiger partial charge is 0.573 e. The standard InChI is InChI=1S/C17H14F4N2O6S2/c18-11-5-9(29-17(19,20)21)1-2-12(11)31(26,27)13-6-10(14(22)24)16(30-13)23-15(25)8-3-4-28-7-8/h1-2,5-6,8H,3-4,7H2,(H2,22,24)(H,23,25). The van der Waals surface area contributed by atoms with Gasteiger partial charge in [-0.3, -0.25) is 9.59 Å². The molecule has 0 aliphatic carbocycles. The number of carbonyl (C=O) groups is 2. The monoisotopic (exact) mass is 482 g/mol. The van der Waals surface area contributed by atoms with Crippen molar-refractivity contribution in [2.45, 2.75) is 21.9 Å². The normalized spacial score (nSPS) is 16.8. The molecular formula is C17H14F4N2O6S2. The molecule has 1 aliphatic heterocycles. The van der Waals surface area contributed by atoms with Crippen molar-refractivity contribution < 1.29 is 45.0 Å². The van der Waals surface area contributed by atoms with Crippen molar-refractivity contribution in [2.75, 3.05) is 18.5 Å². The van der Waals surface area contributed by atoms with Crippen molar-refractivity contribution in [1.82, 2.24) is 0 Å². The summed E-state index contributed by atoms with van der Waals surface area (Å²) in [5.41, 5.74) is 4.94. The highest BCUT2D eigenvalue weighted by Gasteiger charge is 2.33. The van der Waals surface area contributed by atoms with Gasteiger partial charge in [0.05, 0.1) is 18.1 Å². The number of anilines is 1. The molecule has 2 heterocycles. The molecule has 0 saturated carbocycles. The Morgan fingerprint density at radius 3 is 2.52 bits per heavy atom. The molecule has 1 atom stereocenters. The molecule has 1 unspecified atom stereocenters. The lowest BCUT2D eigenvalue weighted by Gasteiger charge is -2.10. The van der Waals surface area contributed by atoms with E-state index >= 15 is 0 Å². The summed E-state index contributed by atoms with van der Waals surface area (Å²) >= 11 is 0.460. The number of nitrogens with one attached hydrogen (secondary N) is 1. The predicted octanol–water partition coefficient (Wildman–Crippen LogP) is 2.69. The maximum atomic E-state index is 14.3. The molecule has 14 heteroatoms. The highest BCUT2D eigenvalue weighted by atomic mass is 32.2. The topological polar surface area (TPSA) is 125 Å². The number of amides is 2. The van der Waals surface area contributed by atoms with E-state index in [4.69, 9.17) is 10.5 Å². The highest BCUT2D eigenvalue weighted by Crippen LogP contribution is 2.37. The van der Waals surface area contributed by atoms with Crippen LogP contribution in [-0.2, 0) is 19.4 Å². The average Bonchev–Trinajstić information content (AvgIpc) is 3.30. The molecule has 1 fully saturated rings. The van der Waals surface area contributed by atoms with Crippen LogP contribution in [0.2, 0.25) is 0 Å². The molecule has 1 aliphatic rings. The lowest BCUT2D eigenvalue weighted by atomic mass is 10.1. The number of ether oxygens (including phenoxy) is 2. The number of sulfone groups is 1. The number of primary amides is 1. The van der Waals surface area contributed by atoms with Gasteiger partial charge in [0.25, 0.3) is 5.91 Å². The first-order valence-electron chi connectivity index (χ1n) is 8.51. The Bertz CT molecular complexity index is 1120. The van der Waals surface area contributed by atoms with Crippen LogP contribution in [0.25, 0.3) is 0 Å². The molecule has 3 N–H and O–H groups in total. The maximum Gasteiger partial charge on any atom is 0.573 e. The van der Waals surface area contributed by atoms with Gasteiger partial charge in [-0.15, -0.1) is 24.5 Å². The van der Waals surface area contributed by atoms with Gasteiger partial charge in [-0.1, -0.05) is 0 Å². The van der Waals surface area contributed by atoms with Crippen molar-refractivity contribution >= 4 is 38.0 Å². The van der Waals surface area contributed by atoms with Crippen LogP contribution in [0.4, 0.5) is 22.6 Å². The second-order valence-corrected chi connectivity index (χ2v) is 9.56. The first-order valence-corrected chi connectivity index (χ1v) is 10.8. The zero-order valence-corrected chi connectivity index (χ0v) is 17.0. The van der Waals surface area contributed by atoms with Gasteiger partial charge in [-0.05, 0) is 24.6 Å². The fourth-order valence-electron chi connectivity index (χ4n) is 2.74. The number of halogens is 4. The minimum absolute atomic E-state index is 0.152. The second kappa shape index (κ2) is 8.43. The van der Waals surface area contributed by atoms with Crippen molar-refractivity contribution in [1.29, 1.82) is 0 Å². The molecule has 3 rings (SSSR count). The van der Waals surface area contributed by atoms with Crippen molar-refractivity contribution in [3.8, 4) is 5.75 Å². The van der Waals surface area contributed by atoms with Gasteiger partial charge in [0.1, 0.15) is 25.7 Å². The zero-order chi connectivity index (χ0) is 23.0. The minimum atomic E-state index is -5.09.